The summed E-state index contributed by atoms with van der Waals surface area (Å²) in [6.07, 6.45) is 5.76. The first kappa shape index (κ1) is 18.5. The Kier molecular flexibility index (Phi) is 6.18. The molecular formula is C19H26ClN3OS. The molecule has 2 saturated heterocycles. The van der Waals surface area contributed by atoms with Crippen LogP contribution >= 0.6 is 23.8 Å². The second kappa shape index (κ2) is 8.37. The van der Waals surface area contributed by atoms with E-state index in [2.05, 4.69) is 15.1 Å². The molecule has 2 aliphatic heterocycles. The van der Waals surface area contributed by atoms with Crippen LogP contribution in [0, 0.1) is 5.92 Å². The molecule has 0 aromatic heterocycles. The molecule has 0 unspecified atom stereocenters. The third-order valence-electron chi connectivity index (χ3n) is 5.34. The number of nitrogens with zero attached hydrogens (tertiary/aromatic N) is 2. The fourth-order valence-electron chi connectivity index (χ4n) is 4.08. The van der Waals surface area contributed by atoms with Gasteiger partial charge in [-0.25, -0.2) is 0 Å². The van der Waals surface area contributed by atoms with Gasteiger partial charge in [0.1, 0.15) is 0 Å². The van der Waals surface area contributed by atoms with Gasteiger partial charge in [0.25, 0.3) is 0 Å². The normalized spacial score (nSPS) is 24.1. The summed E-state index contributed by atoms with van der Waals surface area (Å²) < 4.78 is 0. The van der Waals surface area contributed by atoms with Gasteiger partial charge in [0.2, 0.25) is 5.91 Å². The third kappa shape index (κ3) is 4.64. The minimum atomic E-state index is 0.212. The molecule has 2 heterocycles. The van der Waals surface area contributed by atoms with E-state index in [4.69, 9.17) is 23.8 Å². The van der Waals surface area contributed by atoms with Crippen LogP contribution in [-0.4, -0.2) is 46.5 Å². The predicted molar refractivity (Wildman–Crippen MR) is 107 cm³/mol. The highest BCUT2D eigenvalue weighted by molar-refractivity contribution is 7.80. The Morgan fingerprint density at radius 1 is 1.16 bits per heavy atom. The lowest BCUT2D eigenvalue weighted by atomic mass is 9.84. The summed E-state index contributed by atoms with van der Waals surface area (Å²) in [6, 6.07) is 7.97. The maximum Gasteiger partial charge on any atom is 0.219 e. The molecule has 3 rings (SSSR count). The van der Waals surface area contributed by atoms with E-state index in [1.54, 1.807) is 6.92 Å². The minimum Gasteiger partial charge on any atom is -0.349 e. The minimum absolute atomic E-state index is 0.212. The van der Waals surface area contributed by atoms with Crippen LogP contribution in [0.2, 0.25) is 5.02 Å². The number of thiocarbonyl (C=S) groups is 1. The Morgan fingerprint density at radius 3 is 2.64 bits per heavy atom. The van der Waals surface area contributed by atoms with E-state index >= 15 is 0 Å². The lowest BCUT2D eigenvalue weighted by molar-refractivity contribution is -0.134. The Labute approximate surface area is 160 Å². The van der Waals surface area contributed by atoms with Gasteiger partial charge in [-0.15, -0.1) is 0 Å². The summed E-state index contributed by atoms with van der Waals surface area (Å²) in [4.78, 5) is 16.3. The fraction of sp³-hybridized carbons (Fsp3) is 0.579. The number of anilines is 1. The highest BCUT2D eigenvalue weighted by Crippen LogP contribution is 2.30. The number of carbonyl (C=O) groups is 1. The molecule has 2 aliphatic rings. The average Bonchev–Trinajstić information content (AvgIpc) is 2.63. The van der Waals surface area contributed by atoms with Crippen molar-refractivity contribution in [1.82, 2.24) is 9.80 Å². The molecule has 0 spiro atoms. The van der Waals surface area contributed by atoms with Gasteiger partial charge in [0, 0.05) is 43.3 Å². The first-order valence-electron chi connectivity index (χ1n) is 9.13. The molecular weight excluding hydrogens is 354 g/mol. The Morgan fingerprint density at radius 2 is 1.92 bits per heavy atom. The summed E-state index contributed by atoms with van der Waals surface area (Å²) in [7, 11) is 0. The van der Waals surface area contributed by atoms with Crippen molar-refractivity contribution < 1.29 is 4.79 Å². The van der Waals surface area contributed by atoms with Gasteiger partial charge in [-0.3, -0.25) is 4.79 Å². The number of likely N-dealkylation sites (tertiary alicyclic amines) is 2. The van der Waals surface area contributed by atoms with Crippen molar-refractivity contribution in [3.05, 3.63) is 29.3 Å². The van der Waals surface area contributed by atoms with Crippen LogP contribution in [0.1, 0.15) is 39.0 Å². The summed E-state index contributed by atoms with van der Waals surface area (Å²) in [5, 5.41) is 4.79. The number of halogens is 1. The number of rotatable bonds is 2. The van der Waals surface area contributed by atoms with Gasteiger partial charge in [0.05, 0.1) is 0 Å². The first-order valence-corrected chi connectivity index (χ1v) is 9.92. The van der Waals surface area contributed by atoms with E-state index in [0.717, 1.165) is 54.7 Å². The molecule has 1 N–H and O–H groups in total. The van der Waals surface area contributed by atoms with Crippen LogP contribution in [0.4, 0.5) is 5.69 Å². The van der Waals surface area contributed by atoms with Crippen molar-refractivity contribution in [3.8, 4) is 0 Å². The molecule has 2 fully saturated rings. The maximum atomic E-state index is 12.0. The number of hydrogen-bond donors (Lipinski definition) is 1. The number of amides is 1. The van der Waals surface area contributed by atoms with Crippen molar-refractivity contribution in [1.29, 1.82) is 0 Å². The van der Waals surface area contributed by atoms with Crippen LogP contribution in [0.3, 0.4) is 0 Å². The number of piperidine rings is 2. The van der Waals surface area contributed by atoms with Gasteiger partial charge < -0.3 is 15.1 Å². The second-order valence-electron chi connectivity index (χ2n) is 7.06. The van der Waals surface area contributed by atoms with Crippen molar-refractivity contribution >= 4 is 40.5 Å². The molecule has 1 aromatic rings. The fourth-order valence-corrected chi connectivity index (χ4v) is 4.49. The third-order valence-corrected chi connectivity index (χ3v) is 5.95. The van der Waals surface area contributed by atoms with Gasteiger partial charge in [0.15, 0.2) is 5.11 Å². The monoisotopic (exact) mass is 379 g/mol. The molecule has 6 heteroatoms. The number of carbonyl (C=O) groups excluding carboxylic acids is 1. The zero-order valence-corrected chi connectivity index (χ0v) is 16.3. The summed E-state index contributed by atoms with van der Waals surface area (Å²) in [5.74, 6) is 0.714. The second-order valence-corrected chi connectivity index (χ2v) is 7.88. The van der Waals surface area contributed by atoms with Crippen LogP contribution in [0.15, 0.2) is 24.3 Å². The number of nitrogens with one attached hydrogen (secondary N) is 1. The highest BCUT2D eigenvalue weighted by Gasteiger charge is 2.34. The van der Waals surface area contributed by atoms with Crippen molar-refractivity contribution in [2.24, 2.45) is 5.92 Å². The van der Waals surface area contributed by atoms with E-state index in [1.807, 2.05) is 24.3 Å². The lowest BCUT2D eigenvalue weighted by Gasteiger charge is -2.44. The van der Waals surface area contributed by atoms with E-state index < -0.39 is 0 Å². The Hall–Kier alpha value is -1.33. The van der Waals surface area contributed by atoms with Crippen LogP contribution in [-0.2, 0) is 4.79 Å². The van der Waals surface area contributed by atoms with E-state index in [9.17, 15) is 4.79 Å². The highest BCUT2D eigenvalue weighted by atomic mass is 35.5. The van der Waals surface area contributed by atoms with Crippen molar-refractivity contribution in [3.63, 3.8) is 0 Å². The smallest absolute Gasteiger partial charge is 0.219 e. The van der Waals surface area contributed by atoms with Gasteiger partial charge in [-0.05, 0) is 74.5 Å². The quantitative estimate of drug-likeness (QED) is 0.783. The number of hydrogen-bond acceptors (Lipinski definition) is 2. The molecule has 1 amide bonds. The van der Waals surface area contributed by atoms with Gasteiger partial charge in [-0.1, -0.05) is 11.6 Å². The molecule has 0 saturated carbocycles. The van der Waals surface area contributed by atoms with Crippen LogP contribution in [0.25, 0.3) is 0 Å². The van der Waals surface area contributed by atoms with E-state index in [0.29, 0.717) is 12.0 Å². The molecule has 136 valence electrons. The zero-order valence-electron chi connectivity index (χ0n) is 14.7. The summed E-state index contributed by atoms with van der Waals surface area (Å²) in [6.45, 7) is 4.51. The van der Waals surface area contributed by atoms with Crippen molar-refractivity contribution in [2.45, 2.75) is 45.1 Å². The van der Waals surface area contributed by atoms with Gasteiger partial charge in [-0.2, -0.15) is 0 Å². The van der Waals surface area contributed by atoms with Crippen LogP contribution in [0.5, 0.6) is 0 Å². The maximum absolute atomic E-state index is 12.0. The molecule has 2 atom stereocenters. The van der Waals surface area contributed by atoms with Gasteiger partial charge >= 0.3 is 0 Å². The number of benzene rings is 1. The molecule has 4 nitrogen and oxygen atoms in total. The molecule has 0 radical (unpaired) electrons. The Bertz CT molecular complexity index is 622. The van der Waals surface area contributed by atoms with Crippen molar-refractivity contribution in [2.75, 3.05) is 25.0 Å². The zero-order chi connectivity index (χ0) is 17.8. The SMILES string of the molecule is CC(=O)N1CCCC[C@H]1[C@@H]1CCCN(C(=S)Nc2ccc(Cl)cc2)C1. The van der Waals surface area contributed by atoms with E-state index in [1.165, 1.54) is 12.8 Å². The summed E-state index contributed by atoms with van der Waals surface area (Å²) in [5.41, 5.74) is 0.958. The molecule has 0 bridgehead atoms. The standard InChI is InChI=1S/C19H26ClN3OS/c1-14(24)23-12-3-2-6-18(23)15-5-4-11-22(13-15)19(25)21-17-9-7-16(20)8-10-17/h7-10,15,18H,2-6,11-13H2,1H3,(H,21,25)/t15-,18+/m1/s1. The predicted octanol–water partition coefficient (Wildman–Crippen LogP) is 4.15. The largest absolute Gasteiger partial charge is 0.349 e. The Balaban J connectivity index is 1.62. The molecule has 0 aliphatic carbocycles. The topological polar surface area (TPSA) is 35.6 Å². The average molecular weight is 380 g/mol. The first-order chi connectivity index (χ1) is 12.0. The molecule has 1 aromatic carbocycles. The van der Waals surface area contributed by atoms with E-state index in [-0.39, 0.29) is 5.91 Å². The molecule has 25 heavy (non-hydrogen) atoms. The summed E-state index contributed by atoms with van der Waals surface area (Å²) >= 11 is 11.6. The lowest BCUT2D eigenvalue weighted by Crippen LogP contribution is -2.52. The van der Waals surface area contributed by atoms with Crippen LogP contribution < -0.4 is 5.32 Å².